The van der Waals surface area contributed by atoms with Crippen molar-refractivity contribution < 1.29 is 73.3 Å². The van der Waals surface area contributed by atoms with Gasteiger partial charge in [0, 0.05) is 12.8 Å². The SMILES string of the molecule is CCCCC/C=C\C/C=C\CCCCCCCCCCCC(=O)O[C@H](COC(=O)CCC[C@@H](O)/C=C/C=C\C/C=C\C=C\[C@@H](O)CCCCC)COP(=O)(O)OC1[C@H](O)[C@H](O)C(O)[C@H](O)[C@H]1O. The van der Waals surface area contributed by atoms with Gasteiger partial charge in [-0.2, -0.15) is 0 Å². The maximum absolute atomic E-state index is 12.8. The third-order valence-corrected chi connectivity index (χ3v) is 12.2. The summed E-state index contributed by atoms with van der Waals surface area (Å²) in [6, 6.07) is 0. The van der Waals surface area contributed by atoms with E-state index in [0.29, 0.717) is 12.8 Å². The number of carbonyl (C=O) groups is 2. The van der Waals surface area contributed by atoms with E-state index in [1.807, 2.05) is 24.3 Å². The largest absolute Gasteiger partial charge is 0.472 e. The van der Waals surface area contributed by atoms with Crippen molar-refractivity contribution in [1.29, 1.82) is 0 Å². The van der Waals surface area contributed by atoms with Crippen molar-refractivity contribution in [1.82, 2.24) is 0 Å². The maximum Gasteiger partial charge on any atom is 0.472 e. The molecule has 15 nitrogen and oxygen atoms in total. The van der Waals surface area contributed by atoms with Crippen LogP contribution in [0.4, 0.5) is 0 Å². The lowest BCUT2D eigenvalue weighted by molar-refractivity contribution is -0.220. The van der Waals surface area contributed by atoms with Crippen LogP contribution in [0.2, 0.25) is 0 Å². The fraction of sp³-hybridized carbons (Fsp3) is 0.725. The van der Waals surface area contributed by atoms with E-state index in [0.717, 1.165) is 70.6 Å². The van der Waals surface area contributed by atoms with E-state index in [2.05, 4.69) is 38.2 Å². The molecule has 16 heteroatoms. The van der Waals surface area contributed by atoms with Crippen molar-refractivity contribution in [2.75, 3.05) is 13.2 Å². The van der Waals surface area contributed by atoms with Crippen LogP contribution in [-0.2, 0) is 32.7 Å². The Labute approximate surface area is 401 Å². The summed E-state index contributed by atoms with van der Waals surface area (Å²) in [5.74, 6) is -1.34. The summed E-state index contributed by atoms with van der Waals surface area (Å²) in [7, 11) is -5.18. The van der Waals surface area contributed by atoms with Gasteiger partial charge in [-0.3, -0.25) is 18.6 Å². The highest BCUT2D eigenvalue weighted by Crippen LogP contribution is 2.47. The first kappa shape index (κ1) is 62.2. The molecule has 1 saturated carbocycles. The second-order valence-electron chi connectivity index (χ2n) is 17.4. The molecule has 1 rings (SSSR count). The Morgan fingerprint density at radius 1 is 0.537 bits per heavy atom. The van der Waals surface area contributed by atoms with Crippen LogP contribution in [0.15, 0.2) is 72.9 Å². The molecule has 0 spiro atoms. The van der Waals surface area contributed by atoms with E-state index >= 15 is 0 Å². The first-order valence-corrected chi connectivity index (χ1v) is 26.5. The van der Waals surface area contributed by atoms with Crippen LogP contribution in [0.1, 0.15) is 168 Å². The number of ether oxygens (including phenoxy) is 2. The number of hydrogen-bond acceptors (Lipinski definition) is 14. The number of phosphoric ester groups is 1. The van der Waals surface area contributed by atoms with Crippen molar-refractivity contribution in [2.24, 2.45) is 0 Å². The Hall–Kier alpha value is -2.79. The zero-order chi connectivity index (χ0) is 49.5. The van der Waals surface area contributed by atoms with Gasteiger partial charge < -0.3 is 50.1 Å². The zero-order valence-electron chi connectivity index (χ0n) is 40.4. The van der Waals surface area contributed by atoms with Crippen LogP contribution < -0.4 is 0 Å². The minimum Gasteiger partial charge on any atom is -0.462 e. The molecule has 386 valence electrons. The second-order valence-corrected chi connectivity index (χ2v) is 18.8. The molecule has 0 aliphatic heterocycles. The number of esters is 2. The number of carbonyl (C=O) groups excluding carboxylic acids is 2. The lowest BCUT2D eigenvalue weighted by Crippen LogP contribution is -2.64. The summed E-state index contributed by atoms with van der Waals surface area (Å²) in [4.78, 5) is 35.8. The van der Waals surface area contributed by atoms with Crippen LogP contribution >= 0.6 is 7.82 Å². The Morgan fingerprint density at radius 3 is 1.57 bits per heavy atom. The van der Waals surface area contributed by atoms with Gasteiger partial charge in [-0.25, -0.2) is 4.57 Å². The Bertz CT molecular complexity index is 1480. The Kier molecular flexibility index (Phi) is 37.1. The molecule has 0 aromatic carbocycles. The predicted molar refractivity (Wildman–Crippen MR) is 261 cm³/mol. The van der Waals surface area contributed by atoms with Gasteiger partial charge in [-0.1, -0.05) is 164 Å². The molecular formula is C51H87O15P. The zero-order valence-corrected chi connectivity index (χ0v) is 41.3. The van der Waals surface area contributed by atoms with Gasteiger partial charge in [0.1, 0.15) is 43.2 Å². The van der Waals surface area contributed by atoms with Crippen LogP contribution in [0.3, 0.4) is 0 Å². The lowest BCUT2D eigenvalue weighted by Gasteiger charge is -2.41. The van der Waals surface area contributed by atoms with Gasteiger partial charge in [0.15, 0.2) is 6.10 Å². The maximum atomic E-state index is 12.8. The summed E-state index contributed by atoms with van der Waals surface area (Å²) in [6.07, 6.45) is 30.0. The molecule has 3 unspecified atom stereocenters. The monoisotopic (exact) mass is 971 g/mol. The van der Waals surface area contributed by atoms with Gasteiger partial charge >= 0.3 is 19.8 Å². The summed E-state index contributed by atoms with van der Waals surface area (Å²) in [5.41, 5.74) is 0. The van der Waals surface area contributed by atoms with Gasteiger partial charge in [-0.05, 0) is 64.2 Å². The van der Waals surface area contributed by atoms with E-state index < -0.39 is 87.9 Å². The molecule has 1 aliphatic carbocycles. The number of unbranched alkanes of at least 4 members (excludes halogenated alkanes) is 14. The van der Waals surface area contributed by atoms with Gasteiger partial charge in [-0.15, -0.1) is 0 Å². The summed E-state index contributed by atoms with van der Waals surface area (Å²) < 4.78 is 33.4. The van der Waals surface area contributed by atoms with Crippen molar-refractivity contribution in [3.05, 3.63) is 72.9 Å². The van der Waals surface area contributed by atoms with Gasteiger partial charge in [0.25, 0.3) is 0 Å². The summed E-state index contributed by atoms with van der Waals surface area (Å²) in [6.45, 7) is 2.98. The molecule has 0 radical (unpaired) electrons. The Balaban J connectivity index is 2.53. The molecule has 0 bridgehead atoms. The van der Waals surface area contributed by atoms with Crippen molar-refractivity contribution in [3.63, 3.8) is 0 Å². The third kappa shape index (κ3) is 32.6. The smallest absolute Gasteiger partial charge is 0.462 e. The number of hydrogen-bond donors (Lipinski definition) is 8. The molecule has 1 aliphatic rings. The molecule has 0 heterocycles. The number of rotatable bonds is 40. The van der Waals surface area contributed by atoms with Crippen LogP contribution in [0.25, 0.3) is 0 Å². The highest BCUT2D eigenvalue weighted by atomic mass is 31.2. The molecule has 0 amide bonds. The second kappa shape index (κ2) is 40.0. The third-order valence-electron chi connectivity index (χ3n) is 11.2. The number of aliphatic hydroxyl groups is 7. The molecule has 0 saturated heterocycles. The first-order chi connectivity index (χ1) is 32.2. The van der Waals surface area contributed by atoms with Crippen LogP contribution in [0, 0.1) is 0 Å². The quantitative estimate of drug-likeness (QED) is 0.00947. The minimum absolute atomic E-state index is 0.0391. The fourth-order valence-corrected chi connectivity index (χ4v) is 8.09. The number of phosphoric acid groups is 1. The first-order valence-electron chi connectivity index (χ1n) is 25.0. The van der Waals surface area contributed by atoms with Gasteiger partial charge in [0.05, 0.1) is 18.8 Å². The topological polar surface area (TPSA) is 250 Å². The average molecular weight is 971 g/mol. The van der Waals surface area contributed by atoms with E-state index in [4.69, 9.17) is 18.5 Å². The number of allylic oxidation sites excluding steroid dienone is 10. The molecule has 8 N–H and O–H groups in total. The normalized spacial score (nSPS) is 22.7. The average Bonchev–Trinajstić information content (AvgIpc) is 3.30. The summed E-state index contributed by atoms with van der Waals surface area (Å²) in [5, 5.41) is 70.5. The summed E-state index contributed by atoms with van der Waals surface area (Å²) >= 11 is 0. The van der Waals surface area contributed by atoms with Crippen molar-refractivity contribution >= 4 is 19.8 Å². The predicted octanol–water partition coefficient (Wildman–Crippen LogP) is 8.22. The van der Waals surface area contributed by atoms with Gasteiger partial charge in [0.2, 0.25) is 0 Å². The highest BCUT2D eigenvalue weighted by molar-refractivity contribution is 7.47. The molecule has 67 heavy (non-hydrogen) atoms. The van der Waals surface area contributed by atoms with E-state index in [9.17, 15) is 54.8 Å². The lowest BCUT2D eigenvalue weighted by atomic mass is 9.85. The molecule has 1 fully saturated rings. The molecular weight excluding hydrogens is 884 g/mol. The highest BCUT2D eigenvalue weighted by Gasteiger charge is 2.51. The standard InChI is InChI=1S/C51H87O15P/c1-3-5-7-8-9-10-11-12-13-14-15-16-17-18-19-20-24-27-31-37-45(55)65-43(40-64-67(61,62)66-51-49(59)47(57)46(56)48(58)50(51)60)39-63-44(54)38-32-36-42(53)35-30-26-23-21-22-25-29-34-41(52)33-28-6-4-2/h9-10,12-13,22-23,25-26,29-30,34-35,41-43,46-53,56-60H,3-8,11,14-21,24,27-28,31-33,36-40H2,1-2H3,(H,61,62)/b10-9-,13-12-,25-22-,26-23-,34-29+,35-30+/t41-,42-,43+,46?,47-,48+,49+,50+,51?/m0/s1. The minimum atomic E-state index is -5.18. The number of aliphatic hydroxyl groups excluding tert-OH is 7. The molecule has 10 atom stereocenters. The van der Waals surface area contributed by atoms with E-state index in [1.165, 1.54) is 44.9 Å². The van der Waals surface area contributed by atoms with Crippen LogP contribution in [-0.4, -0.2) is 121 Å². The van der Waals surface area contributed by atoms with E-state index in [1.54, 1.807) is 24.3 Å². The Morgan fingerprint density at radius 2 is 1.00 bits per heavy atom. The van der Waals surface area contributed by atoms with E-state index in [-0.39, 0.29) is 25.7 Å². The fourth-order valence-electron chi connectivity index (χ4n) is 7.12. The molecule has 0 aromatic heterocycles. The molecule has 0 aromatic rings. The van der Waals surface area contributed by atoms with Crippen molar-refractivity contribution in [2.45, 2.75) is 223 Å². The van der Waals surface area contributed by atoms with Crippen LogP contribution in [0.5, 0.6) is 0 Å². The van der Waals surface area contributed by atoms with Crippen molar-refractivity contribution in [3.8, 4) is 0 Å².